The standard InChI is InChI=1S/C30H26N2S4/c1-3-19(25-13-15-29(35-25)23-11-9-21(31-23)27-7-5-17-33-27)20(4-2)26-14-16-30(36-26)24-12-10-22(32-24)28-8-6-18-34-28/h5-18,31-32H,3-4H2,1-2H3/b20-19+. The summed E-state index contributed by atoms with van der Waals surface area (Å²) in [6.45, 7) is 4.56. The lowest BCUT2D eigenvalue weighted by atomic mass is 10.0. The maximum absolute atomic E-state index is 3.61. The average Bonchev–Trinajstić information content (AvgIpc) is 3.75. The molecule has 0 fully saturated rings. The molecular formula is C30H26N2S4. The summed E-state index contributed by atoms with van der Waals surface area (Å²) in [5.74, 6) is 0. The summed E-state index contributed by atoms with van der Waals surface area (Å²) in [7, 11) is 0. The number of aromatic amines is 2. The van der Waals surface area contributed by atoms with Gasteiger partial charge in [0.25, 0.3) is 0 Å². The number of aromatic nitrogens is 2. The van der Waals surface area contributed by atoms with Crippen LogP contribution in [0.4, 0.5) is 0 Å². The van der Waals surface area contributed by atoms with Crippen molar-refractivity contribution in [3.63, 3.8) is 0 Å². The monoisotopic (exact) mass is 542 g/mol. The van der Waals surface area contributed by atoms with Crippen molar-refractivity contribution in [3.05, 3.63) is 93.3 Å². The van der Waals surface area contributed by atoms with Crippen LogP contribution in [0.25, 0.3) is 53.4 Å². The molecule has 36 heavy (non-hydrogen) atoms. The van der Waals surface area contributed by atoms with Gasteiger partial charge in [-0.2, -0.15) is 0 Å². The molecular weight excluding hydrogens is 517 g/mol. The van der Waals surface area contributed by atoms with Crippen molar-refractivity contribution in [2.45, 2.75) is 26.7 Å². The number of thiophene rings is 4. The molecule has 0 aliphatic heterocycles. The summed E-state index contributed by atoms with van der Waals surface area (Å²) in [5, 5.41) is 4.25. The van der Waals surface area contributed by atoms with E-state index in [-0.39, 0.29) is 0 Å². The van der Waals surface area contributed by atoms with Crippen LogP contribution in [0.2, 0.25) is 0 Å². The van der Waals surface area contributed by atoms with Gasteiger partial charge in [-0.3, -0.25) is 0 Å². The Morgan fingerprint density at radius 2 is 0.944 bits per heavy atom. The Labute approximate surface area is 227 Å². The number of nitrogens with one attached hydrogen (secondary N) is 2. The number of H-pyrrole nitrogens is 2. The topological polar surface area (TPSA) is 31.6 Å². The van der Waals surface area contributed by atoms with E-state index in [1.54, 1.807) is 22.7 Å². The van der Waals surface area contributed by atoms with Gasteiger partial charge in [0.05, 0.1) is 42.3 Å². The molecule has 2 N–H and O–H groups in total. The molecule has 0 atom stereocenters. The molecule has 6 aromatic heterocycles. The Balaban J connectivity index is 1.30. The molecule has 0 radical (unpaired) electrons. The van der Waals surface area contributed by atoms with Gasteiger partial charge in [0.2, 0.25) is 0 Å². The van der Waals surface area contributed by atoms with Gasteiger partial charge in [0.15, 0.2) is 0 Å². The van der Waals surface area contributed by atoms with Gasteiger partial charge in [0, 0.05) is 9.75 Å². The first-order chi connectivity index (χ1) is 17.7. The van der Waals surface area contributed by atoms with Crippen LogP contribution in [0.3, 0.4) is 0 Å². The van der Waals surface area contributed by atoms with E-state index >= 15 is 0 Å². The van der Waals surface area contributed by atoms with Crippen LogP contribution in [0, 0.1) is 0 Å². The predicted molar refractivity (Wildman–Crippen MR) is 162 cm³/mol. The minimum Gasteiger partial charge on any atom is -0.353 e. The minimum absolute atomic E-state index is 1.02. The van der Waals surface area contributed by atoms with Crippen LogP contribution < -0.4 is 0 Å². The average molecular weight is 543 g/mol. The molecule has 6 heteroatoms. The highest BCUT2D eigenvalue weighted by molar-refractivity contribution is 7.17. The Kier molecular flexibility index (Phi) is 6.67. The normalized spacial score (nSPS) is 12.3. The third kappa shape index (κ3) is 4.50. The summed E-state index contributed by atoms with van der Waals surface area (Å²) < 4.78 is 0. The second kappa shape index (κ2) is 10.2. The molecule has 2 nitrogen and oxygen atoms in total. The van der Waals surface area contributed by atoms with Gasteiger partial charge < -0.3 is 9.97 Å². The van der Waals surface area contributed by atoms with Crippen LogP contribution in [0.5, 0.6) is 0 Å². The van der Waals surface area contributed by atoms with Crippen molar-refractivity contribution < 1.29 is 0 Å². The fourth-order valence-corrected chi connectivity index (χ4v) is 8.26. The van der Waals surface area contributed by atoms with E-state index in [4.69, 9.17) is 0 Å². The first kappa shape index (κ1) is 23.5. The molecule has 0 spiro atoms. The van der Waals surface area contributed by atoms with Gasteiger partial charge in [-0.15, -0.1) is 45.3 Å². The SMILES string of the molecule is CC/C(=C(/CC)c1ccc(-c2ccc(-c3cccs3)[nH]2)s1)c1ccc(-c2ccc(-c3cccs3)[nH]2)s1. The van der Waals surface area contributed by atoms with E-state index in [0.717, 1.165) is 12.8 Å². The third-order valence-electron chi connectivity index (χ3n) is 6.35. The molecule has 6 rings (SSSR count). The van der Waals surface area contributed by atoms with Crippen molar-refractivity contribution in [2.24, 2.45) is 0 Å². The lowest BCUT2D eigenvalue weighted by Gasteiger charge is -2.10. The van der Waals surface area contributed by atoms with Gasteiger partial charge in [-0.25, -0.2) is 0 Å². The quantitative estimate of drug-likeness (QED) is 0.192. The van der Waals surface area contributed by atoms with Gasteiger partial charge in [-0.1, -0.05) is 26.0 Å². The lowest BCUT2D eigenvalue weighted by molar-refractivity contribution is 1.20. The first-order valence-corrected chi connectivity index (χ1v) is 15.5. The van der Waals surface area contributed by atoms with Crippen LogP contribution >= 0.6 is 45.3 Å². The lowest BCUT2D eigenvalue weighted by Crippen LogP contribution is -1.86. The Hall–Kier alpha value is -2.90. The van der Waals surface area contributed by atoms with E-state index in [0.29, 0.717) is 0 Å². The highest BCUT2D eigenvalue weighted by Gasteiger charge is 2.16. The first-order valence-electron chi connectivity index (χ1n) is 12.1. The minimum atomic E-state index is 1.02. The second-order valence-corrected chi connectivity index (χ2v) is 12.6. The highest BCUT2D eigenvalue weighted by Crippen LogP contribution is 2.41. The van der Waals surface area contributed by atoms with E-state index in [9.17, 15) is 0 Å². The van der Waals surface area contributed by atoms with Crippen molar-refractivity contribution >= 4 is 56.5 Å². The number of allylic oxidation sites excluding steroid dienone is 2. The molecule has 180 valence electrons. The number of hydrogen-bond donors (Lipinski definition) is 2. The van der Waals surface area contributed by atoms with E-state index in [1.807, 2.05) is 22.7 Å². The summed E-state index contributed by atoms with van der Waals surface area (Å²) in [6.07, 6.45) is 2.04. The fourth-order valence-electron chi connectivity index (χ4n) is 4.59. The Morgan fingerprint density at radius 3 is 1.31 bits per heavy atom. The van der Waals surface area contributed by atoms with E-state index in [1.165, 1.54) is 63.2 Å². The van der Waals surface area contributed by atoms with Crippen LogP contribution in [0.15, 0.2) is 83.6 Å². The maximum Gasteiger partial charge on any atom is 0.0560 e. The third-order valence-corrected chi connectivity index (χ3v) is 10.5. The molecule has 0 unspecified atom stereocenters. The fraction of sp³-hybridized carbons (Fsp3) is 0.133. The van der Waals surface area contributed by atoms with Crippen LogP contribution in [0.1, 0.15) is 36.4 Å². The molecule has 6 aromatic rings. The van der Waals surface area contributed by atoms with Crippen molar-refractivity contribution in [3.8, 4) is 42.3 Å². The van der Waals surface area contributed by atoms with Crippen molar-refractivity contribution in [1.29, 1.82) is 0 Å². The predicted octanol–water partition coefficient (Wildman–Crippen LogP) is 11.0. The van der Waals surface area contributed by atoms with Gasteiger partial charge in [0.1, 0.15) is 0 Å². The summed E-state index contributed by atoms with van der Waals surface area (Å²) in [5.41, 5.74) is 7.67. The van der Waals surface area contributed by atoms with Gasteiger partial charge >= 0.3 is 0 Å². The number of rotatable bonds is 8. The molecule has 0 aromatic carbocycles. The zero-order chi connectivity index (χ0) is 24.5. The Morgan fingerprint density at radius 1 is 0.528 bits per heavy atom. The summed E-state index contributed by atoms with van der Waals surface area (Å²) in [6, 6.07) is 26.4. The zero-order valence-electron chi connectivity index (χ0n) is 20.1. The smallest absolute Gasteiger partial charge is 0.0560 e. The van der Waals surface area contributed by atoms with Crippen LogP contribution in [-0.4, -0.2) is 9.97 Å². The molecule has 0 amide bonds. The molecule has 0 aliphatic rings. The molecule has 0 aliphatic carbocycles. The Bertz CT molecular complexity index is 1480. The molecule has 0 bridgehead atoms. The summed E-state index contributed by atoms with van der Waals surface area (Å²) in [4.78, 5) is 15.1. The maximum atomic E-state index is 3.61. The van der Waals surface area contributed by atoms with Crippen molar-refractivity contribution in [1.82, 2.24) is 9.97 Å². The zero-order valence-corrected chi connectivity index (χ0v) is 23.4. The van der Waals surface area contributed by atoms with E-state index in [2.05, 4.69) is 107 Å². The van der Waals surface area contributed by atoms with Gasteiger partial charge in [-0.05, 0) is 95.4 Å². The van der Waals surface area contributed by atoms with E-state index < -0.39 is 0 Å². The van der Waals surface area contributed by atoms with Crippen molar-refractivity contribution in [2.75, 3.05) is 0 Å². The molecule has 0 saturated carbocycles. The number of hydrogen-bond acceptors (Lipinski definition) is 4. The molecule has 6 heterocycles. The van der Waals surface area contributed by atoms with Crippen LogP contribution in [-0.2, 0) is 0 Å². The molecule has 0 saturated heterocycles. The highest BCUT2D eigenvalue weighted by atomic mass is 32.1. The summed E-state index contributed by atoms with van der Waals surface area (Å²) >= 11 is 7.31. The second-order valence-electron chi connectivity index (χ2n) is 8.52. The largest absolute Gasteiger partial charge is 0.353 e.